The second-order valence-electron chi connectivity index (χ2n) is 6.97. The second kappa shape index (κ2) is 7.36. The number of anilines is 1. The van der Waals surface area contributed by atoms with Gasteiger partial charge in [0.15, 0.2) is 5.65 Å². The van der Waals surface area contributed by atoms with Gasteiger partial charge in [-0.1, -0.05) is 30.3 Å². The van der Waals surface area contributed by atoms with Crippen molar-refractivity contribution in [2.75, 3.05) is 31.1 Å². The van der Waals surface area contributed by atoms with Crippen LogP contribution in [0.3, 0.4) is 0 Å². The molecule has 0 atom stereocenters. The second-order valence-corrected chi connectivity index (χ2v) is 6.97. The van der Waals surface area contributed by atoms with Crippen LogP contribution in [0.4, 0.5) is 5.95 Å². The number of benzene rings is 1. The molecule has 0 aliphatic carbocycles. The summed E-state index contributed by atoms with van der Waals surface area (Å²) in [6.45, 7) is 4.68. The minimum atomic E-state index is 0.815. The molecule has 0 unspecified atom stereocenters. The van der Waals surface area contributed by atoms with E-state index < -0.39 is 0 Å². The third-order valence-corrected chi connectivity index (χ3v) is 5.11. The van der Waals surface area contributed by atoms with E-state index in [-0.39, 0.29) is 0 Å². The van der Waals surface area contributed by atoms with E-state index in [0.717, 1.165) is 55.4 Å². The van der Waals surface area contributed by atoms with Crippen LogP contribution in [0, 0.1) is 0 Å². The summed E-state index contributed by atoms with van der Waals surface area (Å²) in [7, 11) is 0. The third kappa shape index (κ3) is 3.32. The summed E-state index contributed by atoms with van der Waals surface area (Å²) in [6, 6.07) is 12.1. The van der Waals surface area contributed by atoms with Crippen LogP contribution < -0.4 is 4.90 Å². The smallest absolute Gasteiger partial charge is 0.225 e. The largest absolute Gasteiger partial charge is 0.338 e. The molecule has 4 aromatic rings. The molecule has 0 spiro atoms. The van der Waals surface area contributed by atoms with Gasteiger partial charge in [0.1, 0.15) is 0 Å². The average Bonchev–Trinajstić information content (AvgIpc) is 3.19. The molecule has 0 radical (unpaired) electrons. The minimum absolute atomic E-state index is 0.815. The Bertz CT molecular complexity index is 1050. The predicted octanol–water partition coefficient (Wildman–Crippen LogP) is 2.51. The Labute approximate surface area is 163 Å². The zero-order valence-electron chi connectivity index (χ0n) is 15.5. The van der Waals surface area contributed by atoms with Gasteiger partial charge in [0.05, 0.1) is 6.20 Å². The molecule has 1 aromatic carbocycles. The van der Waals surface area contributed by atoms with E-state index in [4.69, 9.17) is 0 Å². The van der Waals surface area contributed by atoms with Crippen LogP contribution in [0.2, 0.25) is 0 Å². The van der Waals surface area contributed by atoms with Crippen molar-refractivity contribution in [1.29, 1.82) is 0 Å². The zero-order valence-corrected chi connectivity index (χ0v) is 15.5. The maximum atomic E-state index is 4.69. The van der Waals surface area contributed by atoms with Crippen LogP contribution in [0.5, 0.6) is 0 Å². The van der Waals surface area contributed by atoms with Gasteiger partial charge in [-0.2, -0.15) is 5.10 Å². The van der Waals surface area contributed by atoms with Crippen molar-refractivity contribution in [1.82, 2.24) is 29.5 Å². The first-order valence-electron chi connectivity index (χ1n) is 9.49. The van der Waals surface area contributed by atoms with Gasteiger partial charge in [-0.15, -0.1) is 0 Å². The summed E-state index contributed by atoms with van der Waals surface area (Å²) in [5.41, 5.74) is 4.25. The number of piperazine rings is 1. The zero-order chi connectivity index (χ0) is 18.8. The molecule has 0 N–H and O–H groups in total. The fourth-order valence-electron chi connectivity index (χ4n) is 3.64. The lowest BCUT2D eigenvalue weighted by Gasteiger charge is -2.34. The molecule has 1 saturated heterocycles. The van der Waals surface area contributed by atoms with Crippen molar-refractivity contribution in [3.63, 3.8) is 0 Å². The highest BCUT2D eigenvalue weighted by Gasteiger charge is 2.19. The Hall–Kier alpha value is -3.32. The molecule has 1 aliphatic heterocycles. The number of rotatable bonds is 4. The summed E-state index contributed by atoms with van der Waals surface area (Å²) in [6.07, 6.45) is 9.53. The first-order chi connectivity index (χ1) is 13.9. The first kappa shape index (κ1) is 16.8. The Morgan fingerprint density at radius 2 is 1.61 bits per heavy atom. The highest BCUT2D eigenvalue weighted by molar-refractivity contribution is 5.76. The summed E-state index contributed by atoms with van der Waals surface area (Å²) < 4.78 is 1.88. The van der Waals surface area contributed by atoms with Crippen LogP contribution in [-0.2, 0) is 6.54 Å². The monoisotopic (exact) mass is 371 g/mol. The van der Waals surface area contributed by atoms with Crippen LogP contribution in [0.25, 0.3) is 16.8 Å². The number of fused-ring (bicyclic) bond motifs is 1. The van der Waals surface area contributed by atoms with Crippen molar-refractivity contribution < 1.29 is 0 Å². The van der Waals surface area contributed by atoms with Gasteiger partial charge in [-0.3, -0.25) is 4.90 Å². The van der Waals surface area contributed by atoms with Crippen LogP contribution in [-0.4, -0.2) is 55.6 Å². The molecule has 4 heterocycles. The van der Waals surface area contributed by atoms with Gasteiger partial charge >= 0.3 is 0 Å². The van der Waals surface area contributed by atoms with E-state index >= 15 is 0 Å². The van der Waals surface area contributed by atoms with Gasteiger partial charge in [0.2, 0.25) is 5.95 Å². The maximum absolute atomic E-state index is 4.69. The highest BCUT2D eigenvalue weighted by atomic mass is 15.3. The van der Waals surface area contributed by atoms with Gasteiger partial charge in [-0.25, -0.2) is 19.5 Å². The van der Waals surface area contributed by atoms with Crippen molar-refractivity contribution >= 4 is 11.6 Å². The number of hydrogen-bond acceptors (Lipinski definition) is 6. The van der Waals surface area contributed by atoms with Crippen LogP contribution in [0.1, 0.15) is 5.56 Å². The molecule has 3 aromatic heterocycles. The molecule has 7 nitrogen and oxygen atoms in total. The van der Waals surface area contributed by atoms with Gasteiger partial charge in [0, 0.05) is 68.6 Å². The summed E-state index contributed by atoms with van der Waals surface area (Å²) in [5, 5.41) is 4.51. The lowest BCUT2D eigenvalue weighted by atomic mass is 10.1. The Balaban J connectivity index is 1.28. The lowest BCUT2D eigenvalue weighted by molar-refractivity contribution is 0.248. The van der Waals surface area contributed by atoms with E-state index in [1.54, 1.807) is 12.4 Å². The molecule has 1 aliphatic rings. The third-order valence-electron chi connectivity index (χ3n) is 5.11. The van der Waals surface area contributed by atoms with E-state index in [2.05, 4.69) is 48.2 Å². The lowest BCUT2D eigenvalue weighted by Crippen LogP contribution is -2.46. The topological polar surface area (TPSA) is 62.5 Å². The minimum Gasteiger partial charge on any atom is -0.338 e. The summed E-state index contributed by atoms with van der Waals surface area (Å²) in [4.78, 5) is 18.1. The Morgan fingerprint density at radius 1 is 0.821 bits per heavy atom. The van der Waals surface area contributed by atoms with Gasteiger partial charge < -0.3 is 4.90 Å². The average molecular weight is 371 g/mol. The number of nitrogens with zero attached hydrogens (tertiary/aromatic N) is 7. The summed E-state index contributed by atoms with van der Waals surface area (Å²) >= 11 is 0. The van der Waals surface area contributed by atoms with E-state index in [1.165, 1.54) is 5.56 Å². The van der Waals surface area contributed by atoms with Crippen molar-refractivity contribution in [3.05, 3.63) is 72.9 Å². The summed E-state index contributed by atoms with van der Waals surface area (Å²) in [5.74, 6) is 0.815. The highest BCUT2D eigenvalue weighted by Crippen LogP contribution is 2.23. The molecular weight excluding hydrogens is 350 g/mol. The van der Waals surface area contributed by atoms with Crippen LogP contribution >= 0.6 is 0 Å². The van der Waals surface area contributed by atoms with Crippen molar-refractivity contribution in [2.45, 2.75) is 6.54 Å². The van der Waals surface area contributed by atoms with Crippen LogP contribution in [0.15, 0.2) is 67.4 Å². The molecule has 140 valence electrons. The molecule has 7 heteroatoms. The Kier molecular flexibility index (Phi) is 4.42. The number of aromatic nitrogens is 5. The van der Waals surface area contributed by atoms with E-state index in [0.29, 0.717) is 0 Å². The quantitative estimate of drug-likeness (QED) is 0.549. The fraction of sp³-hybridized carbons (Fsp3) is 0.238. The molecule has 0 amide bonds. The van der Waals surface area contributed by atoms with E-state index in [1.807, 2.05) is 41.2 Å². The predicted molar refractivity (Wildman–Crippen MR) is 108 cm³/mol. The molecule has 0 saturated carbocycles. The molecule has 1 fully saturated rings. The first-order valence-corrected chi connectivity index (χ1v) is 9.49. The SMILES string of the molecule is c1ccc(-c2cnn3cc(CN4CCN(c5ncccn5)CC4)cnc23)cc1. The Morgan fingerprint density at radius 3 is 2.39 bits per heavy atom. The standard InChI is InChI=1S/C21H21N7/c1-2-5-18(6-3-1)19-14-25-28-16-17(13-24-20(19)28)15-26-9-11-27(12-10-26)21-22-7-4-8-23-21/h1-8,13-14,16H,9-12,15H2. The molecule has 5 rings (SSSR count). The van der Waals surface area contributed by atoms with Gasteiger partial charge in [-0.05, 0) is 11.6 Å². The van der Waals surface area contributed by atoms with Crippen molar-refractivity contribution in [2.24, 2.45) is 0 Å². The molecule has 28 heavy (non-hydrogen) atoms. The van der Waals surface area contributed by atoms with E-state index in [9.17, 15) is 0 Å². The normalized spacial score (nSPS) is 15.2. The maximum Gasteiger partial charge on any atom is 0.225 e. The fourth-order valence-corrected chi connectivity index (χ4v) is 3.64. The molecule has 0 bridgehead atoms. The number of hydrogen-bond donors (Lipinski definition) is 0. The van der Waals surface area contributed by atoms with Crippen molar-refractivity contribution in [3.8, 4) is 11.1 Å². The van der Waals surface area contributed by atoms with Gasteiger partial charge in [0.25, 0.3) is 0 Å². The molecular formula is C21H21N7.